The van der Waals surface area contributed by atoms with Crippen LogP contribution in [-0.2, 0) is 0 Å². The second kappa shape index (κ2) is 6.09. The van der Waals surface area contributed by atoms with Crippen molar-refractivity contribution in [3.05, 3.63) is 23.8 Å². The fraction of sp³-hybridized carbons (Fsp3) is 0.562. The van der Waals surface area contributed by atoms with Crippen LogP contribution in [0.2, 0.25) is 0 Å². The minimum atomic E-state index is 0.183. The third-order valence-corrected chi connectivity index (χ3v) is 4.16. The van der Waals surface area contributed by atoms with E-state index < -0.39 is 0 Å². The number of ether oxygens (including phenoxy) is 2. The van der Waals surface area contributed by atoms with Gasteiger partial charge in [0.25, 0.3) is 0 Å². The third kappa shape index (κ3) is 2.91. The zero-order valence-corrected chi connectivity index (χ0v) is 11.9. The van der Waals surface area contributed by atoms with E-state index in [1.165, 1.54) is 12.8 Å². The zero-order valence-electron chi connectivity index (χ0n) is 11.9. The predicted molar refractivity (Wildman–Crippen MR) is 75.0 cm³/mol. The molecule has 2 unspecified atom stereocenters. The molecule has 19 heavy (non-hydrogen) atoms. The maximum absolute atomic E-state index is 12.5. The Bertz CT molecular complexity index is 453. The summed E-state index contributed by atoms with van der Waals surface area (Å²) in [6.07, 6.45) is 4.41. The van der Waals surface area contributed by atoms with Crippen molar-refractivity contribution in [3.8, 4) is 11.5 Å². The van der Waals surface area contributed by atoms with Gasteiger partial charge < -0.3 is 9.47 Å². The molecule has 0 N–H and O–H groups in total. The Hall–Kier alpha value is -1.51. The summed E-state index contributed by atoms with van der Waals surface area (Å²) in [5.41, 5.74) is 0.736. The van der Waals surface area contributed by atoms with Crippen LogP contribution < -0.4 is 9.47 Å². The Morgan fingerprint density at radius 2 is 1.95 bits per heavy atom. The SMILES string of the molecule is CCC1CCC(C(=O)c2ccc(OC)c(OC)c2)C1. The van der Waals surface area contributed by atoms with Crippen molar-refractivity contribution in [2.75, 3.05) is 14.2 Å². The molecule has 1 aliphatic carbocycles. The molecule has 0 radical (unpaired) electrons. The molecule has 0 amide bonds. The van der Waals surface area contributed by atoms with E-state index in [9.17, 15) is 4.79 Å². The lowest BCUT2D eigenvalue weighted by Gasteiger charge is -2.12. The summed E-state index contributed by atoms with van der Waals surface area (Å²) in [7, 11) is 3.19. The lowest BCUT2D eigenvalue weighted by atomic mass is 9.94. The monoisotopic (exact) mass is 262 g/mol. The van der Waals surface area contributed by atoms with Crippen LogP contribution in [-0.4, -0.2) is 20.0 Å². The van der Waals surface area contributed by atoms with Gasteiger partial charge in [0.1, 0.15) is 0 Å². The molecular formula is C16H22O3. The summed E-state index contributed by atoms with van der Waals surface area (Å²) < 4.78 is 10.4. The van der Waals surface area contributed by atoms with E-state index in [-0.39, 0.29) is 11.7 Å². The van der Waals surface area contributed by atoms with Gasteiger partial charge in [-0.3, -0.25) is 4.79 Å². The van der Waals surface area contributed by atoms with Gasteiger partial charge in [-0.05, 0) is 43.4 Å². The standard InChI is InChI=1S/C16H22O3/c1-4-11-5-6-12(9-11)16(17)13-7-8-14(18-2)15(10-13)19-3/h7-8,10-12H,4-6,9H2,1-3H3. The maximum atomic E-state index is 12.5. The van der Waals surface area contributed by atoms with Crippen LogP contribution in [0.15, 0.2) is 18.2 Å². The first-order valence-electron chi connectivity index (χ1n) is 6.95. The summed E-state index contributed by atoms with van der Waals surface area (Å²) in [5, 5.41) is 0. The molecule has 2 rings (SSSR count). The van der Waals surface area contributed by atoms with Gasteiger partial charge in [-0.1, -0.05) is 13.3 Å². The normalized spacial score (nSPS) is 22.3. The van der Waals surface area contributed by atoms with Crippen molar-refractivity contribution in [3.63, 3.8) is 0 Å². The molecule has 0 spiro atoms. The van der Waals surface area contributed by atoms with Crippen LogP contribution in [0.25, 0.3) is 0 Å². The van der Waals surface area contributed by atoms with Crippen molar-refractivity contribution in [2.24, 2.45) is 11.8 Å². The summed E-state index contributed by atoms with van der Waals surface area (Å²) in [6, 6.07) is 5.43. The lowest BCUT2D eigenvalue weighted by molar-refractivity contribution is 0.0919. The highest BCUT2D eigenvalue weighted by Gasteiger charge is 2.29. The quantitative estimate of drug-likeness (QED) is 0.759. The highest BCUT2D eigenvalue weighted by molar-refractivity contribution is 5.98. The van der Waals surface area contributed by atoms with Gasteiger partial charge in [0.05, 0.1) is 14.2 Å². The molecule has 0 saturated heterocycles. The second-order valence-electron chi connectivity index (χ2n) is 5.22. The van der Waals surface area contributed by atoms with E-state index >= 15 is 0 Å². The van der Waals surface area contributed by atoms with Crippen LogP contribution in [0.1, 0.15) is 43.0 Å². The molecule has 1 fully saturated rings. The van der Waals surface area contributed by atoms with Gasteiger partial charge in [0, 0.05) is 11.5 Å². The fourth-order valence-corrected chi connectivity index (χ4v) is 2.91. The van der Waals surface area contributed by atoms with Crippen molar-refractivity contribution in [1.29, 1.82) is 0 Å². The van der Waals surface area contributed by atoms with Crippen LogP contribution >= 0.6 is 0 Å². The van der Waals surface area contributed by atoms with Crippen molar-refractivity contribution >= 4 is 5.78 Å². The number of hydrogen-bond donors (Lipinski definition) is 0. The molecule has 1 saturated carbocycles. The first-order chi connectivity index (χ1) is 9.19. The zero-order chi connectivity index (χ0) is 13.8. The minimum Gasteiger partial charge on any atom is -0.493 e. The van der Waals surface area contributed by atoms with E-state index in [2.05, 4.69) is 6.92 Å². The van der Waals surface area contributed by atoms with Crippen LogP contribution in [0.5, 0.6) is 11.5 Å². The molecule has 1 aliphatic rings. The van der Waals surface area contributed by atoms with E-state index in [0.717, 1.165) is 18.4 Å². The average molecular weight is 262 g/mol. The molecule has 0 heterocycles. The number of rotatable bonds is 5. The fourth-order valence-electron chi connectivity index (χ4n) is 2.91. The summed E-state index contributed by atoms with van der Waals surface area (Å²) in [5.74, 6) is 2.43. The van der Waals surface area contributed by atoms with Crippen LogP contribution in [0.3, 0.4) is 0 Å². The first-order valence-corrected chi connectivity index (χ1v) is 6.95. The second-order valence-corrected chi connectivity index (χ2v) is 5.22. The predicted octanol–water partition coefficient (Wildman–Crippen LogP) is 3.71. The molecule has 1 aromatic carbocycles. The number of hydrogen-bond acceptors (Lipinski definition) is 3. The Morgan fingerprint density at radius 1 is 1.21 bits per heavy atom. The molecule has 1 aromatic rings. The van der Waals surface area contributed by atoms with Gasteiger partial charge in [0.2, 0.25) is 0 Å². The number of benzene rings is 1. The molecule has 3 heteroatoms. The van der Waals surface area contributed by atoms with Crippen LogP contribution in [0.4, 0.5) is 0 Å². The van der Waals surface area contributed by atoms with Gasteiger partial charge in [-0.25, -0.2) is 0 Å². The summed E-state index contributed by atoms with van der Waals surface area (Å²) in [6.45, 7) is 2.20. The van der Waals surface area contributed by atoms with Gasteiger partial charge in [0.15, 0.2) is 17.3 Å². The largest absolute Gasteiger partial charge is 0.493 e. The minimum absolute atomic E-state index is 0.183. The number of methoxy groups -OCH3 is 2. The molecule has 3 nitrogen and oxygen atoms in total. The number of ketones is 1. The average Bonchev–Trinajstić information content (AvgIpc) is 2.94. The lowest BCUT2D eigenvalue weighted by Crippen LogP contribution is -2.12. The molecule has 104 valence electrons. The maximum Gasteiger partial charge on any atom is 0.166 e. The van der Waals surface area contributed by atoms with E-state index in [1.54, 1.807) is 26.4 Å². The van der Waals surface area contributed by atoms with Crippen molar-refractivity contribution < 1.29 is 14.3 Å². The highest BCUT2D eigenvalue weighted by Crippen LogP contribution is 2.36. The van der Waals surface area contributed by atoms with E-state index in [0.29, 0.717) is 17.4 Å². The number of Topliss-reactive ketones (excluding diaryl/α,β-unsaturated/α-hetero) is 1. The van der Waals surface area contributed by atoms with Crippen molar-refractivity contribution in [1.82, 2.24) is 0 Å². The first kappa shape index (κ1) is 13.9. The molecule has 2 atom stereocenters. The van der Waals surface area contributed by atoms with Crippen LogP contribution in [0, 0.1) is 11.8 Å². The summed E-state index contributed by atoms with van der Waals surface area (Å²) in [4.78, 5) is 12.5. The van der Waals surface area contributed by atoms with Gasteiger partial charge >= 0.3 is 0 Å². The Morgan fingerprint density at radius 3 is 2.53 bits per heavy atom. The number of carbonyl (C=O) groups excluding carboxylic acids is 1. The van der Waals surface area contributed by atoms with Crippen molar-refractivity contribution in [2.45, 2.75) is 32.6 Å². The molecule has 0 aromatic heterocycles. The summed E-state index contributed by atoms with van der Waals surface area (Å²) >= 11 is 0. The van der Waals surface area contributed by atoms with E-state index in [4.69, 9.17) is 9.47 Å². The van der Waals surface area contributed by atoms with Gasteiger partial charge in [-0.15, -0.1) is 0 Å². The smallest absolute Gasteiger partial charge is 0.166 e. The third-order valence-electron chi connectivity index (χ3n) is 4.16. The Labute approximate surface area is 114 Å². The topological polar surface area (TPSA) is 35.5 Å². The molecule has 0 bridgehead atoms. The molecular weight excluding hydrogens is 240 g/mol. The highest BCUT2D eigenvalue weighted by atomic mass is 16.5. The van der Waals surface area contributed by atoms with E-state index in [1.807, 2.05) is 6.07 Å². The number of carbonyl (C=O) groups is 1. The molecule has 0 aliphatic heterocycles. The Kier molecular flexibility index (Phi) is 4.46. The Balaban J connectivity index is 2.15. The van der Waals surface area contributed by atoms with Gasteiger partial charge in [-0.2, -0.15) is 0 Å².